The average molecular weight is 238 g/mol. The quantitative estimate of drug-likeness (QED) is 0.803. The van der Waals surface area contributed by atoms with Crippen molar-refractivity contribution in [2.24, 2.45) is 4.99 Å². The molecule has 2 rings (SSSR count). The lowest BCUT2D eigenvalue weighted by Crippen LogP contribution is -2.11. The summed E-state index contributed by atoms with van der Waals surface area (Å²) in [6.07, 6.45) is 0. The number of anilines is 1. The number of aliphatic imine (C=N–C) groups is 1. The minimum Gasteiger partial charge on any atom is -0.497 e. The smallest absolute Gasteiger partial charge is 0.162 e. The van der Waals surface area contributed by atoms with Gasteiger partial charge in [0.15, 0.2) is 4.32 Å². The van der Waals surface area contributed by atoms with E-state index in [1.807, 2.05) is 24.3 Å². The Morgan fingerprint density at radius 1 is 1.40 bits per heavy atom. The molecule has 5 heteroatoms. The van der Waals surface area contributed by atoms with Crippen molar-refractivity contribution in [3.63, 3.8) is 0 Å². The minimum atomic E-state index is 0.700. The lowest BCUT2D eigenvalue weighted by atomic mass is 10.3. The fourth-order valence-electron chi connectivity index (χ4n) is 1.21. The van der Waals surface area contributed by atoms with Crippen LogP contribution in [0.3, 0.4) is 0 Å². The van der Waals surface area contributed by atoms with Gasteiger partial charge in [-0.15, -0.1) is 0 Å². The lowest BCUT2D eigenvalue weighted by molar-refractivity contribution is 0.415. The third kappa shape index (κ3) is 2.70. The molecule has 1 N–H and O–H groups in total. The molecule has 0 unspecified atom stereocenters. The van der Waals surface area contributed by atoms with Gasteiger partial charge in [0.2, 0.25) is 0 Å². The average Bonchev–Trinajstić information content (AvgIpc) is 2.65. The van der Waals surface area contributed by atoms with E-state index in [0.29, 0.717) is 4.32 Å². The number of hydrogen-bond acceptors (Lipinski definition) is 4. The third-order valence-electron chi connectivity index (χ3n) is 1.94. The van der Waals surface area contributed by atoms with Crippen molar-refractivity contribution in [2.75, 3.05) is 18.2 Å². The Kier molecular flexibility index (Phi) is 3.23. The first-order valence-corrected chi connectivity index (χ1v) is 5.83. The minimum absolute atomic E-state index is 0.700. The number of ether oxygens (including phenoxy) is 1. The number of amidine groups is 1. The van der Waals surface area contributed by atoms with Crippen molar-refractivity contribution >= 4 is 39.8 Å². The first kappa shape index (κ1) is 10.4. The second kappa shape index (κ2) is 4.63. The first-order chi connectivity index (χ1) is 7.28. The van der Waals surface area contributed by atoms with Crippen molar-refractivity contribution in [2.45, 2.75) is 0 Å². The van der Waals surface area contributed by atoms with Crippen LogP contribution in [-0.4, -0.2) is 23.0 Å². The van der Waals surface area contributed by atoms with Gasteiger partial charge in [-0.3, -0.25) is 0 Å². The van der Waals surface area contributed by atoms with Gasteiger partial charge in [0.1, 0.15) is 11.6 Å². The molecule has 3 nitrogen and oxygen atoms in total. The summed E-state index contributed by atoms with van der Waals surface area (Å²) < 4.78 is 5.77. The summed E-state index contributed by atoms with van der Waals surface area (Å²) in [5, 5.41) is 3.21. The molecule has 15 heavy (non-hydrogen) atoms. The Morgan fingerprint density at radius 3 is 2.67 bits per heavy atom. The zero-order chi connectivity index (χ0) is 10.7. The molecule has 0 bridgehead atoms. The van der Waals surface area contributed by atoms with Crippen molar-refractivity contribution in [1.82, 2.24) is 0 Å². The number of methoxy groups -OCH3 is 1. The third-order valence-corrected chi connectivity index (χ3v) is 3.14. The maximum Gasteiger partial charge on any atom is 0.162 e. The molecule has 0 amide bonds. The lowest BCUT2D eigenvalue weighted by Gasteiger charge is -2.05. The van der Waals surface area contributed by atoms with Crippen LogP contribution >= 0.6 is 24.0 Å². The Labute approximate surface area is 97.9 Å². The second-order valence-electron chi connectivity index (χ2n) is 2.97. The number of thiocarbonyl (C=S) groups is 1. The monoisotopic (exact) mass is 238 g/mol. The highest BCUT2D eigenvalue weighted by Crippen LogP contribution is 2.18. The van der Waals surface area contributed by atoms with E-state index in [1.54, 1.807) is 18.9 Å². The van der Waals surface area contributed by atoms with E-state index in [9.17, 15) is 0 Å². The van der Waals surface area contributed by atoms with E-state index in [1.165, 1.54) is 0 Å². The summed E-state index contributed by atoms with van der Waals surface area (Å²) in [5.74, 6) is 2.58. The van der Waals surface area contributed by atoms with Gasteiger partial charge in [-0.1, -0.05) is 24.0 Å². The van der Waals surface area contributed by atoms with Gasteiger partial charge in [-0.25, -0.2) is 4.99 Å². The fraction of sp³-hybridized carbons (Fsp3) is 0.200. The number of hydrogen-bond donors (Lipinski definition) is 1. The van der Waals surface area contributed by atoms with Crippen LogP contribution in [0.1, 0.15) is 0 Å². The molecule has 0 saturated carbocycles. The summed E-state index contributed by atoms with van der Waals surface area (Å²) in [6, 6.07) is 7.72. The fourth-order valence-corrected chi connectivity index (χ4v) is 2.07. The summed E-state index contributed by atoms with van der Waals surface area (Å²) >= 11 is 6.54. The first-order valence-electron chi connectivity index (χ1n) is 4.43. The predicted octanol–water partition coefficient (Wildman–Crippen LogP) is 2.54. The van der Waals surface area contributed by atoms with Crippen LogP contribution in [-0.2, 0) is 0 Å². The number of thioether (sulfide) groups is 1. The zero-order valence-corrected chi connectivity index (χ0v) is 9.82. The zero-order valence-electron chi connectivity index (χ0n) is 8.19. The Hall–Kier alpha value is -1.07. The van der Waals surface area contributed by atoms with E-state index >= 15 is 0 Å². The molecule has 0 fully saturated rings. The van der Waals surface area contributed by atoms with Gasteiger partial charge >= 0.3 is 0 Å². The standard InChI is InChI=1S/C10H10N2OS2/c1-13-8-4-2-7(3-5-8)11-9-6-15-10(14)12-9/h2-5H,6H2,1H3,(H,11,12,14). The molecular weight excluding hydrogens is 228 g/mol. The number of nitrogens with zero attached hydrogens (tertiary/aromatic N) is 1. The SMILES string of the molecule is COc1ccc(NC2=NC(=S)SC2)cc1. The van der Waals surface area contributed by atoms with Crippen molar-refractivity contribution in [3.05, 3.63) is 24.3 Å². The number of benzene rings is 1. The highest BCUT2D eigenvalue weighted by Gasteiger charge is 2.11. The summed E-state index contributed by atoms with van der Waals surface area (Å²) in [5.41, 5.74) is 1.000. The molecule has 0 atom stereocenters. The molecule has 0 radical (unpaired) electrons. The van der Waals surface area contributed by atoms with Crippen LogP contribution in [0.2, 0.25) is 0 Å². The van der Waals surface area contributed by atoms with Crippen LogP contribution in [0.15, 0.2) is 29.3 Å². The van der Waals surface area contributed by atoms with Crippen molar-refractivity contribution in [1.29, 1.82) is 0 Å². The van der Waals surface area contributed by atoms with E-state index < -0.39 is 0 Å². The Bertz CT molecular complexity index is 400. The molecule has 78 valence electrons. The van der Waals surface area contributed by atoms with Gasteiger partial charge in [-0.05, 0) is 24.3 Å². The maximum absolute atomic E-state index is 5.07. The second-order valence-corrected chi connectivity index (χ2v) is 4.58. The summed E-state index contributed by atoms with van der Waals surface area (Å²) in [4.78, 5) is 4.20. The molecule has 1 aliphatic heterocycles. The van der Waals surface area contributed by atoms with Crippen LogP contribution in [0.25, 0.3) is 0 Å². The number of nitrogens with one attached hydrogen (secondary N) is 1. The molecule has 1 aromatic rings. The van der Waals surface area contributed by atoms with Crippen LogP contribution in [0, 0.1) is 0 Å². The molecule has 0 saturated heterocycles. The summed E-state index contributed by atoms with van der Waals surface area (Å²) in [7, 11) is 1.65. The van der Waals surface area contributed by atoms with E-state index in [-0.39, 0.29) is 0 Å². The molecule has 0 aliphatic carbocycles. The van der Waals surface area contributed by atoms with Gasteiger partial charge in [0.05, 0.1) is 12.9 Å². The van der Waals surface area contributed by atoms with Crippen LogP contribution in [0.5, 0.6) is 5.75 Å². The molecule has 0 aromatic heterocycles. The normalized spacial score (nSPS) is 15.0. The van der Waals surface area contributed by atoms with E-state index in [0.717, 1.165) is 23.0 Å². The molecule has 0 spiro atoms. The molecular formula is C10H10N2OS2. The molecule has 1 aliphatic rings. The van der Waals surface area contributed by atoms with Gasteiger partial charge < -0.3 is 10.1 Å². The molecule has 1 aromatic carbocycles. The maximum atomic E-state index is 5.07. The predicted molar refractivity (Wildman–Crippen MR) is 69.1 cm³/mol. The van der Waals surface area contributed by atoms with Crippen molar-refractivity contribution in [3.8, 4) is 5.75 Å². The highest BCUT2D eigenvalue weighted by molar-refractivity contribution is 8.23. The molecule has 1 heterocycles. The van der Waals surface area contributed by atoms with Crippen LogP contribution < -0.4 is 10.1 Å². The van der Waals surface area contributed by atoms with Crippen molar-refractivity contribution < 1.29 is 4.74 Å². The Balaban J connectivity index is 2.05. The van der Waals surface area contributed by atoms with Gasteiger partial charge in [-0.2, -0.15) is 0 Å². The van der Waals surface area contributed by atoms with Gasteiger partial charge in [0.25, 0.3) is 0 Å². The summed E-state index contributed by atoms with van der Waals surface area (Å²) in [6.45, 7) is 0. The van der Waals surface area contributed by atoms with Crippen LogP contribution in [0.4, 0.5) is 5.69 Å². The topological polar surface area (TPSA) is 33.6 Å². The van der Waals surface area contributed by atoms with E-state index in [2.05, 4.69) is 10.3 Å². The van der Waals surface area contributed by atoms with E-state index in [4.69, 9.17) is 17.0 Å². The Morgan fingerprint density at radius 2 is 2.13 bits per heavy atom. The number of rotatable bonds is 2. The van der Waals surface area contributed by atoms with Gasteiger partial charge in [0, 0.05) is 5.69 Å². The highest BCUT2D eigenvalue weighted by atomic mass is 32.2. The largest absolute Gasteiger partial charge is 0.497 e.